The fourth-order valence-corrected chi connectivity index (χ4v) is 4.74. The molecular weight excluding hydrogens is 348 g/mol. The maximum absolute atomic E-state index is 13.0. The molecule has 0 heterocycles. The van der Waals surface area contributed by atoms with Crippen LogP contribution in [-0.2, 0) is 15.1 Å². The Hall–Kier alpha value is -2.91. The molecule has 4 atom stereocenters. The van der Waals surface area contributed by atoms with E-state index in [1.165, 1.54) is 7.11 Å². The Morgan fingerprint density at radius 2 is 1.36 bits per heavy atom. The summed E-state index contributed by atoms with van der Waals surface area (Å²) in [4.78, 5) is 13.0. The van der Waals surface area contributed by atoms with E-state index in [9.17, 15) is 9.90 Å². The maximum Gasteiger partial charge on any atom is 0.312 e. The number of rotatable bonds is 4. The quantitative estimate of drug-likeness (QED) is 0.679. The Morgan fingerprint density at radius 3 is 1.89 bits per heavy atom. The van der Waals surface area contributed by atoms with Crippen LogP contribution in [0.2, 0.25) is 0 Å². The third-order valence-electron chi connectivity index (χ3n) is 5.98. The van der Waals surface area contributed by atoms with Gasteiger partial charge in [0.15, 0.2) is 0 Å². The number of hydrogen-bond acceptors (Lipinski definition) is 3. The van der Waals surface area contributed by atoms with Crippen molar-refractivity contribution in [2.45, 2.75) is 23.9 Å². The SMILES string of the molecule is COC(=O)[C@H]1[C@H](c2ccccc2)[C@@H](c2ccccc2)C[C@@]1(O)c1ccccc1. The highest BCUT2D eigenvalue weighted by atomic mass is 16.5. The van der Waals surface area contributed by atoms with Crippen molar-refractivity contribution in [2.24, 2.45) is 5.92 Å². The summed E-state index contributed by atoms with van der Waals surface area (Å²) in [6.45, 7) is 0. The Balaban J connectivity index is 1.91. The van der Waals surface area contributed by atoms with Gasteiger partial charge in [0.25, 0.3) is 0 Å². The van der Waals surface area contributed by atoms with Crippen LogP contribution < -0.4 is 0 Å². The normalized spacial score (nSPS) is 26.7. The Bertz CT molecular complexity index is 924. The average Bonchev–Trinajstić information content (AvgIpc) is 3.09. The van der Waals surface area contributed by atoms with Gasteiger partial charge in [0.1, 0.15) is 5.60 Å². The van der Waals surface area contributed by atoms with Crippen LogP contribution in [0.15, 0.2) is 91.0 Å². The molecule has 1 N–H and O–H groups in total. The van der Waals surface area contributed by atoms with Gasteiger partial charge in [-0.1, -0.05) is 91.0 Å². The summed E-state index contributed by atoms with van der Waals surface area (Å²) in [5.74, 6) is -1.25. The molecule has 0 aliphatic heterocycles. The van der Waals surface area contributed by atoms with Crippen molar-refractivity contribution >= 4 is 5.97 Å². The molecule has 28 heavy (non-hydrogen) atoms. The molecule has 1 saturated carbocycles. The smallest absolute Gasteiger partial charge is 0.312 e. The van der Waals surface area contributed by atoms with E-state index >= 15 is 0 Å². The van der Waals surface area contributed by atoms with Crippen molar-refractivity contribution in [1.82, 2.24) is 0 Å². The Kier molecular flexibility index (Phi) is 5.01. The second-order valence-corrected chi connectivity index (χ2v) is 7.45. The number of carbonyl (C=O) groups is 1. The molecule has 1 aliphatic carbocycles. The van der Waals surface area contributed by atoms with E-state index in [1.54, 1.807) is 0 Å². The summed E-state index contributed by atoms with van der Waals surface area (Å²) in [6, 6.07) is 29.6. The molecule has 3 nitrogen and oxygen atoms in total. The highest BCUT2D eigenvalue weighted by molar-refractivity contribution is 5.77. The van der Waals surface area contributed by atoms with Crippen molar-refractivity contribution < 1.29 is 14.6 Å². The van der Waals surface area contributed by atoms with Gasteiger partial charge in [0.2, 0.25) is 0 Å². The van der Waals surface area contributed by atoms with Crippen molar-refractivity contribution in [3.8, 4) is 0 Å². The third kappa shape index (κ3) is 3.12. The van der Waals surface area contributed by atoms with Gasteiger partial charge in [0.05, 0.1) is 13.0 Å². The zero-order chi connectivity index (χ0) is 19.6. The lowest BCUT2D eigenvalue weighted by molar-refractivity contribution is -0.155. The van der Waals surface area contributed by atoms with Crippen LogP contribution in [0.3, 0.4) is 0 Å². The summed E-state index contributed by atoms with van der Waals surface area (Å²) < 4.78 is 5.19. The summed E-state index contributed by atoms with van der Waals surface area (Å²) in [5, 5.41) is 11.9. The number of methoxy groups -OCH3 is 1. The van der Waals surface area contributed by atoms with Gasteiger partial charge in [-0.2, -0.15) is 0 Å². The molecule has 3 aromatic carbocycles. The van der Waals surface area contributed by atoms with E-state index in [0.717, 1.165) is 16.7 Å². The van der Waals surface area contributed by atoms with Gasteiger partial charge in [-0.3, -0.25) is 4.79 Å². The summed E-state index contributed by atoms with van der Waals surface area (Å²) in [6.07, 6.45) is 0.459. The predicted octanol–water partition coefficient (Wildman–Crippen LogP) is 4.63. The lowest BCUT2D eigenvalue weighted by Gasteiger charge is -2.31. The summed E-state index contributed by atoms with van der Waals surface area (Å²) in [7, 11) is 1.39. The average molecular weight is 372 g/mol. The van der Waals surface area contributed by atoms with E-state index in [2.05, 4.69) is 12.1 Å². The Morgan fingerprint density at radius 1 is 0.857 bits per heavy atom. The van der Waals surface area contributed by atoms with Crippen LogP contribution >= 0.6 is 0 Å². The number of carbonyl (C=O) groups excluding carboxylic acids is 1. The van der Waals surface area contributed by atoms with Gasteiger partial charge in [-0.05, 0) is 29.0 Å². The molecule has 0 aromatic heterocycles. The molecule has 0 bridgehead atoms. The minimum absolute atomic E-state index is 0.00194. The summed E-state index contributed by atoms with van der Waals surface area (Å²) in [5.41, 5.74) is 1.62. The third-order valence-corrected chi connectivity index (χ3v) is 5.98. The van der Waals surface area contributed by atoms with Crippen LogP contribution in [0.4, 0.5) is 0 Å². The first-order valence-electron chi connectivity index (χ1n) is 9.61. The van der Waals surface area contributed by atoms with E-state index in [4.69, 9.17) is 4.74 Å². The number of ether oxygens (including phenoxy) is 1. The topological polar surface area (TPSA) is 46.5 Å². The number of aliphatic hydroxyl groups is 1. The fraction of sp³-hybridized carbons (Fsp3) is 0.240. The lowest BCUT2D eigenvalue weighted by atomic mass is 9.77. The zero-order valence-corrected chi connectivity index (χ0v) is 15.9. The van der Waals surface area contributed by atoms with Crippen LogP contribution in [0.5, 0.6) is 0 Å². The first-order chi connectivity index (χ1) is 13.6. The van der Waals surface area contributed by atoms with Crippen LogP contribution in [0, 0.1) is 5.92 Å². The lowest BCUT2D eigenvalue weighted by Crippen LogP contribution is -2.38. The standard InChI is InChI=1S/C25H24O3/c1-28-24(26)23-22(19-13-7-3-8-14-19)21(18-11-5-2-6-12-18)17-25(23,27)20-15-9-4-10-16-20/h2-16,21-23,27H,17H2,1H3/t21-,22-,23-,25-/m1/s1. The Labute approximate surface area is 165 Å². The molecule has 3 aromatic rings. The van der Waals surface area contributed by atoms with E-state index in [-0.39, 0.29) is 17.8 Å². The second-order valence-electron chi connectivity index (χ2n) is 7.45. The van der Waals surface area contributed by atoms with Crippen molar-refractivity contribution in [2.75, 3.05) is 7.11 Å². The first kappa shape index (κ1) is 18.5. The second kappa shape index (κ2) is 7.61. The molecule has 1 fully saturated rings. The minimum atomic E-state index is -1.30. The molecule has 0 amide bonds. The number of benzene rings is 3. The van der Waals surface area contributed by atoms with E-state index in [0.29, 0.717) is 6.42 Å². The zero-order valence-electron chi connectivity index (χ0n) is 15.9. The first-order valence-corrected chi connectivity index (χ1v) is 9.61. The fourth-order valence-electron chi connectivity index (χ4n) is 4.74. The molecule has 0 unspecified atom stereocenters. The molecule has 0 saturated heterocycles. The molecule has 142 valence electrons. The molecule has 1 aliphatic rings. The van der Waals surface area contributed by atoms with Gasteiger partial charge >= 0.3 is 5.97 Å². The minimum Gasteiger partial charge on any atom is -0.469 e. The molecule has 3 heteroatoms. The van der Waals surface area contributed by atoms with Gasteiger partial charge in [-0.25, -0.2) is 0 Å². The predicted molar refractivity (Wildman–Crippen MR) is 109 cm³/mol. The van der Waals surface area contributed by atoms with Crippen molar-refractivity contribution in [1.29, 1.82) is 0 Å². The monoisotopic (exact) mass is 372 g/mol. The van der Waals surface area contributed by atoms with Gasteiger partial charge in [0, 0.05) is 5.92 Å². The maximum atomic E-state index is 13.0. The van der Waals surface area contributed by atoms with E-state index in [1.807, 2.05) is 78.9 Å². The molecule has 4 rings (SSSR count). The van der Waals surface area contributed by atoms with Gasteiger partial charge in [-0.15, -0.1) is 0 Å². The largest absolute Gasteiger partial charge is 0.469 e. The van der Waals surface area contributed by atoms with E-state index < -0.39 is 11.5 Å². The number of esters is 1. The molecular formula is C25H24O3. The number of hydrogen-bond donors (Lipinski definition) is 1. The summed E-state index contributed by atoms with van der Waals surface area (Å²) >= 11 is 0. The highest BCUT2D eigenvalue weighted by Gasteiger charge is 2.58. The highest BCUT2D eigenvalue weighted by Crippen LogP contribution is 2.58. The van der Waals surface area contributed by atoms with Crippen LogP contribution in [0.1, 0.15) is 34.9 Å². The molecule has 0 spiro atoms. The van der Waals surface area contributed by atoms with Crippen molar-refractivity contribution in [3.63, 3.8) is 0 Å². The van der Waals surface area contributed by atoms with Crippen LogP contribution in [0.25, 0.3) is 0 Å². The van der Waals surface area contributed by atoms with Gasteiger partial charge < -0.3 is 9.84 Å². The van der Waals surface area contributed by atoms with Crippen LogP contribution in [-0.4, -0.2) is 18.2 Å². The molecule has 0 radical (unpaired) electrons. The van der Waals surface area contributed by atoms with Crippen molar-refractivity contribution in [3.05, 3.63) is 108 Å².